The van der Waals surface area contributed by atoms with E-state index in [9.17, 15) is 5.11 Å². The van der Waals surface area contributed by atoms with E-state index < -0.39 is 5.60 Å². The lowest BCUT2D eigenvalue weighted by Crippen LogP contribution is -2.50. The average Bonchev–Trinajstić information content (AvgIpc) is 2.88. The summed E-state index contributed by atoms with van der Waals surface area (Å²) in [6.07, 6.45) is 3.33. The molecule has 0 spiro atoms. The van der Waals surface area contributed by atoms with Crippen LogP contribution in [0, 0.1) is 0 Å². The molecule has 132 valence electrons. The van der Waals surface area contributed by atoms with Crippen molar-refractivity contribution in [3.8, 4) is 0 Å². The van der Waals surface area contributed by atoms with E-state index in [1.54, 1.807) is 4.68 Å². The molecule has 1 aliphatic rings. The van der Waals surface area contributed by atoms with E-state index in [1.807, 2.05) is 27.3 Å². The molecule has 2 aromatic heterocycles. The highest BCUT2D eigenvalue weighted by molar-refractivity contribution is 5.87. The minimum atomic E-state index is -0.609. The van der Waals surface area contributed by atoms with Crippen LogP contribution in [0.15, 0.2) is 6.20 Å². The third-order valence-electron chi connectivity index (χ3n) is 4.71. The van der Waals surface area contributed by atoms with E-state index in [2.05, 4.69) is 33.7 Å². The average molecular weight is 332 g/mol. The Morgan fingerprint density at radius 1 is 1.25 bits per heavy atom. The van der Waals surface area contributed by atoms with Gasteiger partial charge in [-0.05, 0) is 26.9 Å². The number of hydrogen-bond donors (Lipinski definition) is 1. The molecule has 3 rings (SSSR count). The van der Waals surface area contributed by atoms with Gasteiger partial charge in [0, 0.05) is 32.6 Å². The Balaban J connectivity index is 1.90. The summed E-state index contributed by atoms with van der Waals surface area (Å²) in [5.41, 5.74) is 0.264. The fraction of sp³-hybridized carbons (Fsp3) is 0.706. The number of aryl methyl sites for hydroxylation is 1. The van der Waals surface area contributed by atoms with Gasteiger partial charge in [0.25, 0.3) is 0 Å². The van der Waals surface area contributed by atoms with Gasteiger partial charge < -0.3 is 14.9 Å². The molecule has 1 saturated heterocycles. The molecule has 0 radical (unpaired) electrons. The Hall–Kier alpha value is -1.73. The smallest absolute Gasteiger partial charge is 0.163 e. The second-order valence-corrected chi connectivity index (χ2v) is 7.51. The van der Waals surface area contributed by atoms with Crippen molar-refractivity contribution in [2.45, 2.75) is 38.2 Å². The lowest BCUT2D eigenvalue weighted by atomic mass is 9.91. The first kappa shape index (κ1) is 17.1. The zero-order valence-electron chi connectivity index (χ0n) is 15.3. The third-order valence-corrected chi connectivity index (χ3v) is 4.71. The van der Waals surface area contributed by atoms with Crippen LogP contribution in [0.4, 0.5) is 5.82 Å². The molecule has 3 heterocycles. The molecule has 0 unspecified atom stereocenters. The third kappa shape index (κ3) is 3.23. The topological polar surface area (TPSA) is 70.3 Å². The van der Waals surface area contributed by atoms with E-state index in [-0.39, 0.29) is 5.92 Å². The summed E-state index contributed by atoms with van der Waals surface area (Å²) in [6.45, 7) is 6.50. The molecule has 1 aliphatic heterocycles. The second kappa shape index (κ2) is 6.29. The van der Waals surface area contributed by atoms with Crippen LogP contribution >= 0.6 is 0 Å². The fourth-order valence-corrected chi connectivity index (χ4v) is 3.40. The fourth-order valence-electron chi connectivity index (χ4n) is 3.40. The van der Waals surface area contributed by atoms with Crippen LogP contribution in [0.2, 0.25) is 0 Å². The van der Waals surface area contributed by atoms with Gasteiger partial charge in [-0.1, -0.05) is 13.8 Å². The summed E-state index contributed by atoms with van der Waals surface area (Å²) in [4.78, 5) is 13.8. The minimum Gasteiger partial charge on any atom is -0.388 e. The largest absolute Gasteiger partial charge is 0.388 e. The number of fused-ring (bicyclic) bond motifs is 1. The highest BCUT2D eigenvalue weighted by atomic mass is 16.3. The van der Waals surface area contributed by atoms with Gasteiger partial charge in [-0.15, -0.1) is 0 Å². The number of nitrogens with zero attached hydrogens (tertiary/aromatic N) is 6. The lowest BCUT2D eigenvalue weighted by molar-refractivity contribution is -0.00544. The van der Waals surface area contributed by atoms with Crippen molar-refractivity contribution in [1.82, 2.24) is 24.6 Å². The zero-order valence-corrected chi connectivity index (χ0v) is 15.3. The van der Waals surface area contributed by atoms with Crippen molar-refractivity contribution in [1.29, 1.82) is 0 Å². The quantitative estimate of drug-likeness (QED) is 0.912. The highest BCUT2D eigenvalue weighted by Gasteiger charge is 2.34. The van der Waals surface area contributed by atoms with Crippen LogP contribution in [-0.4, -0.2) is 69.1 Å². The zero-order chi connectivity index (χ0) is 17.5. The van der Waals surface area contributed by atoms with Crippen LogP contribution < -0.4 is 4.90 Å². The summed E-state index contributed by atoms with van der Waals surface area (Å²) in [5.74, 6) is 2.05. The Labute approximate surface area is 143 Å². The number of likely N-dealkylation sites (N-methyl/N-ethyl adjacent to an activating group) is 1. The van der Waals surface area contributed by atoms with Gasteiger partial charge in [0.15, 0.2) is 5.65 Å². The van der Waals surface area contributed by atoms with Gasteiger partial charge in [-0.2, -0.15) is 5.10 Å². The molecule has 0 amide bonds. The molecule has 1 N–H and O–H groups in total. The maximum Gasteiger partial charge on any atom is 0.163 e. The molecule has 1 fully saturated rings. The number of anilines is 1. The predicted octanol–water partition coefficient (Wildman–Crippen LogP) is 1.38. The van der Waals surface area contributed by atoms with Crippen LogP contribution in [0.25, 0.3) is 11.0 Å². The lowest BCUT2D eigenvalue weighted by Gasteiger charge is -2.40. The first-order valence-corrected chi connectivity index (χ1v) is 8.61. The van der Waals surface area contributed by atoms with Gasteiger partial charge in [-0.3, -0.25) is 4.68 Å². The van der Waals surface area contributed by atoms with Crippen molar-refractivity contribution in [3.05, 3.63) is 12.0 Å². The molecular weight excluding hydrogens is 304 g/mol. The number of rotatable bonds is 4. The van der Waals surface area contributed by atoms with E-state index in [4.69, 9.17) is 4.98 Å². The van der Waals surface area contributed by atoms with Gasteiger partial charge in [0.2, 0.25) is 0 Å². The normalized spacial score (nSPS) is 18.1. The number of aromatic nitrogens is 4. The summed E-state index contributed by atoms with van der Waals surface area (Å²) in [6, 6.07) is 0. The van der Waals surface area contributed by atoms with Gasteiger partial charge >= 0.3 is 0 Å². The molecule has 0 bridgehead atoms. The number of aliphatic hydroxyl groups is 1. The summed E-state index contributed by atoms with van der Waals surface area (Å²) in [5, 5.41) is 16.1. The molecule has 7 nitrogen and oxygen atoms in total. The van der Waals surface area contributed by atoms with Crippen molar-refractivity contribution < 1.29 is 5.11 Å². The van der Waals surface area contributed by atoms with Gasteiger partial charge in [-0.25, -0.2) is 9.97 Å². The summed E-state index contributed by atoms with van der Waals surface area (Å²) in [7, 11) is 5.92. The molecule has 0 aliphatic carbocycles. The predicted molar refractivity (Wildman–Crippen MR) is 95.3 cm³/mol. The molecule has 2 aromatic rings. The van der Waals surface area contributed by atoms with Crippen molar-refractivity contribution in [2.75, 3.05) is 38.6 Å². The SMILES string of the molecule is CC(C)c1nc(N2CCC(O)(CN(C)C)CC2)c2cnn(C)c2n1. The molecule has 7 heteroatoms. The second-order valence-electron chi connectivity index (χ2n) is 7.51. The molecule has 24 heavy (non-hydrogen) atoms. The van der Waals surface area contributed by atoms with E-state index in [0.717, 1.165) is 48.6 Å². The van der Waals surface area contributed by atoms with Crippen molar-refractivity contribution >= 4 is 16.9 Å². The first-order valence-electron chi connectivity index (χ1n) is 8.61. The van der Waals surface area contributed by atoms with Crippen LogP contribution in [0.3, 0.4) is 0 Å². The Morgan fingerprint density at radius 2 is 1.92 bits per heavy atom. The summed E-state index contributed by atoms with van der Waals surface area (Å²) >= 11 is 0. The van der Waals surface area contributed by atoms with Crippen LogP contribution in [-0.2, 0) is 7.05 Å². The standard InChI is InChI=1S/C17H28N6O/c1-12(2)14-19-15-13(10-18-22(15)5)16(20-14)23-8-6-17(24,7-9-23)11-21(3)4/h10,12,24H,6-9,11H2,1-5H3. The first-order chi connectivity index (χ1) is 11.3. The van der Waals surface area contributed by atoms with E-state index in [0.29, 0.717) is 6.54 Å². The van der Waals surface area contributed by atoms with Gasteiger partial charge in [0.05, 0.1) is 17.2 Å². The van der Waals surface area contributed by atoms with Gasteiger partial charge in [0.1, 0.15) is 11.6 Å². The number of hydrogen-bond acceptors (Lipinski definition) is 6. The van der Waals surface area contributed by atoms with Crippen molar-refractivity contribution in [3.63, 3.8) is 0 Å². The summed E-state index contributed by atoms with van der Waals surface area (Å²) < 4.78 is 1.80. The number of piperidine rings is 1. The molecule has 0 atom stereocenters. The van der Waals surface area contributed by atoms with Crippen molar-refractivity contribution in [2.24, 2.45) is 7.05 Å². The molecule has 0 saturated carbocycles. The molecular formula is C17H28N6O. The maximum atomic E-state index is 10.7. The van der Waals surface area contributed by atoms with Crippen LogP contribution in [0.1, 0.15) is 38.4 Å². The van der Waals surface area contributed by atoms with Crippen LogP contribution in [0.5, 0.6) is 0 Å². The Bertz CT molecular complexity index is 715. The highest BCUT2D eigenvalue weighted by Crippen LogP contribution is 2.31. The monoisotopic (exact) mass is 332 g/mol. The minimum absolute atomic E-state index is 0.263. The Kier molecular flexibility index (Phi) is 4.48. The maximum absolute atomic E-state index is 10.7. The van der Waals surface area contributed by atoms with E-state index >= 15 is 0 Å². The van der Waals surface area contributed by atoms with E-state index in [1.165, 1.54) is 0 Å². The molecule has 0 aromatic carbocycles. The Morgan fingerprint density at radius 3 is 2.50 bits per heavy atom.